The Bertz CT molecular complexity index is 900. The number of alkyl halides is 3. The average molecular weight is 494 g/mol. The van der Waals surface area contributed by atoms with Gasteiger partial charge in [-0.1, -0.05) is 26.0 Å². The first-order chi connectivity index (χ1) is 16.7. The van der Waals surface area contributed by atoms with Crippen LogP contribution in [-0.2, 0) is 22.3 Å². The van der Waals surface area contributed by atoms with Gasteiger partial charge in [-0.05, 0) is 68.7 Å². The Morgan fingerprint density at radius 2 is 1.97 bits per heavy atom. The Morgan fingerprint density at radius 1 is 1.20 bits per heavy atom. The number of halogens is 3. The van der Waals surface area contributed by atoms with Crippen LogP contribution < -0.4 is 5.32 Å². The third-order valence-corrected chi connectivity index (χ3v) is 8.82. The molecule has 1 N–H and O–H groups in total. The van der Waals surface area contributed by atoms with E-state index < -0.39 is 17.5 Å². The third kappa shape index (κ3) is 4.86. The quantitative estimate of drug-likeness (QED) is 0.618. The molecule has 3 aliphatic heterocycles. The van der Waals surface area contributed by atoms with E-state index in [2.05, 4.69) is 29.0 Å². The van der Waals surface area contributed by atoms with Crippen molar-refractivity contribution in [2.45, 2.75) is 95.4 Å². The number of nitrogens with one attached hydrogen (secondary N) is 1. The zero-order valence-electron chi connectivity index (χ0n) is 20.8. The van der Waals surface area contributed by atoms with Gasteiger partial charge in [0.15, 0.2) is 0 Å². The van der Waals surface area contributed by atoms with E-state index in [1.54, 1.807) is 12.1 Å². The van der Waals surface area contributed by atoms with Crippen LogP contribution in [-0.4, -0.2) is 59.3 Å². The highest BCUT2D eigenvalue weighted by atomic mass is 19.4. The number of carbonyl (C=O) groups is 1. The minimum absolute atomic E-state index is 0.146. The summed E-state index contributed by atoms with van der Waals surface area (Å²) in [6.07, 6.45) is 2.13. The first-order valence-corrected chi connectivity index (χ1v) is 13.3. The highest BCUT2D eigenvalue weighted by Gasteiger charge is 2.59. The predicted octanol–water partition coefficient (Wildman–Crippen LogP) is 4.80. The average Bonchev–Trinajstić information content (AvgIpc) is 3.47. The Balaban J connectivity index is 1.34. The van der Waals surface area contributed by atoms with Crippen LogP contribution in [0.4, 0.5) is 13.2 Å². The predicted molar refractivity (Wildman–Crippen MR) is 127 cm³/mol. The molecule has 1 saturated carbocycles. The molecular formula is C27H38F3N3O2. The molecule has 1 aromatic carbocycles. The molecule has 3 heterocycles. The second-order valence-corrected chi connectivity index (χ2v) is 11.3. The summed E-state index contributed by atoms with van der Waals surface area (Å²) in [5.74, 6) is 0.890. The number of benzene rings is 1. The summed E-state index contributed by atoms with van der Waals surface area (Å²) in [5, 5.41) is 3.59. The molecule has 5 nitrogen and oxygen atoms in total. The Morgan fingerprint density at radius 3 is 2.63 bits per heavy atom. The minimum atomic E-state index is -4.32. The number of carbonyl (C=O) groups excluding carboxylic acids is 1. The van der Waals surface area contributed by atoms with Crippen molar-refractivity contribution in [1.29, 1.82) is 0 Å². The SMILES string of the molecule is CC(C)[C@H]1CO[C@]23CC[C@H](N(Cc4ccc(C(F)(F)F)cc4)C[C@@H]4CCCN4)C[C@H]2CCC(=O)N13. The van der Waals surface area contributed by atoms with E-state index in [0.717, 1.165) is 57.2 Å². The first-order valence-electron chi connectivity index (χ1n) is 13.3. The van der Waals surface area contributed by atoms with Crippen molar-refractivity contribution in [3.8, 4) is 0 Å². The van der Waals surface area contributed by atoms with Gasteiger partial charge in [-0.25, -0.2) is 0 Å². The molecule has 35 heavy (non-hydrogen) atoms. The molecule has 194 valence electrons. The fourth-order valence-electron chi connectivity index (χ4n) is 6.92. The maximum Gasteiger partial charge on any atom is 0.416 e. The van der Waals surface area contributed by atoms with E-state index in [-0.39, 0.29) is 11.9 Å². The normalized spacial score (nSPS) is 33.5. The zero-order valence-corrected chi connectivity index (χ0v) is 20.8. The maximum absolute atomic E-state index is 13.1. The summed E-state index contributed by atoms with van der Waals surface area (Å²) in [4.78, 5) is 17.6. The fraction of sp³-hybridized carbons (Fsp3) is 0.741. The van der Waals surface area contributed by atoms with Gasteiger partial charge in [0.2, 0.25) is 5.91 Å². The molecule has 0 radical (unpaired) electrons. The van der Waals surface area contributed by atoms with E-state index in [1.807, 2.05) is 0 Å². The van der Waals surface area contributed by atoms with Gasteiger partial charge < -0.3 is 15.0 Å². The topological polar surface area (TPSA) is 44.8 Å². The van der Waals surface area contributed by atoms with Crippen LogP contribution in [0.15, 0.2) is 24.3 Å². The van der Waals surface area contributed by atoms with Crippen molar-refractivity contribution in [3.63, 3.8) is 0 Å². The molecular weight excluding hydrogens is 455 g/mol. The Labute approximate surface area is 206 Å². The van der Waals surface area contributed by atoms with E-state index in [0.29, 0.717) is 43.5 Å². The number of piperidine rings is 1. The molecule has 1 amide bonds. The second-order valence-electron chi connectivity index (χ2n) is 11.3. The molecule has 4 aliphatic rings. The molecule has 5 rings (SSSR count). The van der Waals surface area contributed by atoms with Crippen molar-refractivity contribution in [1.82, 2.24) is 15.1 Å². The lowest BCUT2D eigenvalue weighted by atomic mass is 9.72. The summed E-state index contributed by atoms with van der Waals surface area (Å²) in [5.41, 5.74) is -0.157. The molecule has 4 fully saturated rings. The fourth-order valence-corrected chi connectivity index (χ4v) is 6.92. The molecule has 1 aliphatic carbocycles. The van der Waals surface area contributed by atoms with Crippen LogP contribution in [0, 0.1) is 11.8 Å². The van der Waals surface area contributed by atoms with Crippen molar-refractivity contribution < 1.29 is 22.7 Å². The van der Waals surface area contributed by atoms with Gasteiger partial charge in [0, 0.05) is 37.5 Å². The zero-order chi connectivity index (χ0) is 24.8. The second kappa shape index (κ2) is 9.67. The molecule has 1 spiro atoms. The summed E-state index contributed by atoms with van der Waals surface area (Å²) in [6.45, 7) is 7.50. The number of nitrogens with zero attached hydrogens (tertiary/aromatic N) is 2. The summed E-state index contributed by atoms with van der Waals surface area (Å²) in [6, 6.07) is 6.52. The molecule has 1 aromatic rings. The molecule has 8 heteroatoms. The number of ether oxygens (including phenoxy) is 1. The van der Waals surface area contributed by atoms with Crippen molar-refractivity contribution in [2.75, 3.05) is 19.7 Å². The minimum Gasteiger partial charge on any atom is -0.353 e. The number of rotatable bonds is 6. The van der Waals surface area contributed by atoms with Crippen LogP contribution in [0.3, 0.4) is 0 Å². The standard InChI is InChI=1S/C27H38F3N3O2/c1-18(2)24-17-35-26-12-11-23(14-21(26)9-10-25(34)33(24)26)32(16-22-4-3-13-31-22)15-19-5-7-20(8-6-19)27(28,29)30/h5-8,18,21-24,31H,3-4,9-17H2,1-2H3/t21-,22+,23+,24-,26-/m1/s1. The molecule has 0 bridgehead atoms. The molecule has 0 unspecified atom stereocenters. The highest BCUT2D eigenvalue weighted by Crippen LogP contribution is 2.51. The van der Waals surface area contributed by atoms with Crippen LogP contribution in [0.5, 0.6) is 0 Å². The smallest absolute Gasteiger partial charge is 0.353 e. The van der Waals surface area contributed by atoms with E-state index in [4.69, 9.17) is 4.74 Å². The molecule has 3 saturated heterocycles. The Hall–Kier alpha value is -1.64. The summed E-state index contributed by atoms with van der Waals surface area (Å²) >= 11 is 0. The maximum atomic E-state index is 13.1. The summed E-state index contributed by atoms with van der Waals surface area (Å²) < 4.78 is 45.6. The van der Waals surface area contributed by atoms with Crippen molar-refractivity contribution in [3.05, 3.63) is 35.4 Å². The van der Waals surface area contributed by atoms with Crippen molar-refractivity contribution >= 4 is 5.91 Å². The lowest BCUT2D eigenvalue weighted by Crippen LogP contribution is -2.63. The van der Waals surface area contributed by atoms with Crippen molar-refractivity contribution in [2.24, 2.45) is 11.8 Å². The lowest BCUT2D eigenvalue weighted by molar-refractivity contribution is -0.191. The van der Waals surface area contributed by atoms with Gasteiger partial charge in [0.05, 0.1) is 18.2 Å². The van der Waals surface area contributed by atoms with Crippen LogP contribution in [0.25, 0.3) is 0 Å². The summed E-state index contributed by atoms with van der Waals surface area (Å²) in [7, 11) is 0. The van der Waals surface area contributed by atoms with E-state index in [9.17, 15) is 18.0 Å². The van der Waals surface area contributed by atoms with Gasteiger partial charge in [-0.15, -0.1) is 0 Å². The highest BCUT2D eigenvalue weighted by molar-refractivity contribution is 5.78. The molecule has 0 aromatic heterocycles. The van der Waals surface area contributed by atoms with E-state index >= 15 is 0 Å². The van der Waals surface area contributed by atoms with E-state index in [1.165, 1.54) is 12.1 Å². The van der Waals surface area contributed by atoms with Gasteiger partial charge >= 0.3 is 6.18 Å². The Kier molecular flexibility index (Phi) is 6.92. The van der Waals surface area contributed by atoms with Gasteiger partial charge in [0.25, 0.3) is 0 Å². The van der Waals surface area contributed by atoms with Crippen LogP contribution in [0.2, 0.25) is 0 Å². The lowest BCUT2D eigenvalue weighted by Gasteiger charge is -2.54. The largest absolute Gasteiger partial charge is 0.416 e. The first kappa shape index (κ1) is 25.0. The third-order valence-electron chi connectivity index (χ3n) is 8.82. The van der Waals surface area contributed by atoms with Gasteiger partial charge in [0.1, 0.15) is 5.72 Å². The van der Waals surface area contributed by atoms with Gasteiger partial charge in [-0.2, -0.15) is 13.2 Å². The monoisotopic (exact) mass is 493 g/mol. The number of hydrogen-bond donors (Lipinski definition) is 1. The molecule has 5 atom stereocenters. The van der Waals surface area contributed by atoms with Gasteiger partial charge in [-0.3, -0.25) is 9.69 Å². The van der Waals surface area contributed by atoms with Crippen LogP contribution in [0.1, 0.15) is 69.9 Å². The van der Waals surface area contributed by atoms with Crippen LogP contribution >= 0.6 is 0 Å². The number of amides is 1. The number of hydrogen-bond acceptors (Lipinski definition) is 4.